The molecular weight excluding hydrogens is 270 g/mol. The van der Waals surface area contributed by atoms with Crippen molar-refractivity contribution in [3.8, 4) is 5.75 Å². The van der Waals surface area contributed by atoms with Crippen molar-refractivity contribution >= 4 is 11.9 Å². The van der Waals surface area contributed by atoms with Crippen LogP contribution in [0.25, 0.3) is 0 Å². The molecule has 0 saturated heterocycles. The molecule has 0 fully saturated rings. The molecule has 0 aromatic heterocycles. The van der Waals surface area contributed by atoms with E-state index >= 15 is 0 Å². The van der Waals surface area contributed by atoms with Crippen molar-refractivity contribution in [2.24, 2.45) is 0 Å². The third-order valence-electron chi connectivity index (χ3n) is 3.07. The van der Waals surface area contributed by atoms with Crippen LogP contribution in [0, 0.1) is 6.92 Å². The Kier molecular flexibility index (Phi) is 7.29. The van der Waals surface area contributed by atoms with E-state index in [1.54, 1.807) is 0 Å². The van der Waals surface area contributed by atoms with Gasteiger partial charge in [0.25, 0.3) is 0 Å². The highest BCUT2D eigenvalue weighted by molar-refractivity contribution is 5.83. The summed E-state index contributed by atoms with van der Waals surface area (Å²) >= 11 is 0. The molecule has 5 heteroatoms. The van der Waals surface area contributed by atoms with Gasteiger partial charge in [-0.1, -0.05) is 31.9 Å². The molecule has 1 unspecified atom stereocenters. The SMILES string of the molecule is CCCCC(NC(=O)CCOc1cccc(C)c1)C(=O)O. The van der Waals surface area contributed by atoms with E-state index in [2.05, 4.69) is 5.32 Å². The van der Waals surface area contributed by atoms with Gasteiger partial charge in [0.2, 0.25) is 5.91 Å². The van der Waals surface area contributed by atoms with Crippen LogP contribution in [-0.4, -0.2) is 29.6 Å². The lowest BCUT2D eigenvalue weighted by atomic mass is 10.1. The summed E-state index contributed by atoms with van der Waals surface area (Å²) in [6.07, 6.45) is 2.27. The average molecular weight is 293 g/mol. The first-order valence-electron chi connectivity index (χ1n) is 7.24. The zero-order valence-corrected chi connectivity index (χ0v) is 12.6. The summed E-state index contributed by atoms with van der Waals surface area (Å²) in [7, 11) is 0. The first kappa shape index (κ1) is 17.0. The van der Waals surface area contributed by atoms with Crippen molar-refractivity contribution in [1.29, 1.82) is 0 Å². The number of benzene rings is 1. The molecule has 0 aliphatic carbocycles. The molecule has 1 amide bonds. The summed E-state index contributed by atoms with van der Waals surface area (Å²) in [5, 5.41) is 11.6. The molecule has 0 radical (unpaired) electrons. The summed E-state index contributed by atoms with van der Waals surface area (Å²) < 4.78 is 5.47. The highest BCUT2D eigenvalue weighted by Gasteiger charge is 2.18. The largest absolute Gasteiger partial charge is 0.493 e. The molecule has 1 rings (SSSR count). The van der Waals surface area contributed by atoms with Gasteiger partial charge in [-0.2, -0.15) is 0 Å². The monoisotopic (exact) mass is 293 g/mol. The van der Waals surface area contributed by atoms with Crippen molar-refractivity contribution < 1.29 is 19.4 Å². The van der Waals surface area contributed by atoms with Crippen LogP contribution in [-0.2, 0) is 9.59 Å². The predicted molar refractivity (Wildman–Crippen MR) is 80.4 cm³/mol. The molecule has 1 aromatic rings. The van der Waals surface area contributed by atoms with Crippen LogP contribution in [0.2, 0.25) is 0 Å². The standard InChI is InChI=1S/C16H23NO4/c1-3-4-8-14(16(19)20)17-15(18)9-10-21-13-7-5-6-12(2)11-13/h5-7,11,14H,3-4,8-10H2,1-2H3,(H,17,18)(H,19,20). The number of hydrogen-bond acceptors (Lipinski definition) is 3. The van der Waals surface area contributed by atoms with Gasteiger partial charge in [-0.05, 0) is 31.0 Å². The lowest BCUT2D eigenvalue weighted by Gasteiger charge is -2.14. The zero-order valence-electron chi connectivity index (χ0n) is 12.6. The Balaban J connectivity index is 2.34. The van der Waals surface area contributed by atoms with Gasteiger partial charge < -0.3 is 15.2 Å². The van der Waals surface area contributed by atoms with Crippen molar-refractivity contribution in [3.63, 3.8) is 0 Å². The number of carbonyl (C=O) groups is 2. The quantitative estimate of drug-likeness (QED) is 0.733. The van der Waals surface area contributed by atoms with Gasteiger partial charge in [0, 0.05) is 0 Å². The molecule has 0 aliphatic rings. The molecule has 21 heavy (non-hydrogen) atoms. The summed E-state index contributed by atoms with van der Waals surface area (Å²) in [6, 6.07) is 6.75. The van der Waals surface area contributed by atoms with E-state index in [0.717, 1.165) is 18.4 Å². The molecule has 5 nitrogen and oxygen atoms in total. The lowest BCUT2D eigenvalue weighted by molar-refractivity contribution is -0.142. The smallest absolute Gasteiger partial charge is 0.326 e. The fourth-order valence-electron chi connectivity index (χ4n) is 1.90. The van der Waals surface area contributed by atoms with Crippen LogP contribution in [0.15, 0.2) is 24.3 Å². The summed E-state index contributed by atoms with van der Waals surface area (Å²) in [5.74, 6) is -0.578. The fraction of sp³-hybridized carbons (Fsp3) is 0.500. The molecule has 0 heterocycles. The second-order valence-electron chi connectivity index (χ2n) is 5.02. The van der Waals surface area contributed by atoms with Gasteiger partial charge >= 0.3 is 5.97 Å². The van der Waals surface area contributed by atoms with Crippen LogP contribution in [0.4, 0.5) is 0 Å². The number of nitrogens with one attached hydrogen (secondary N) is 1. The number of aliphatic carboxylic acids is 1. The van der Waals surface area contributed by atoms with E-state index in [-0.39, 0.29) is 18.9 Å². The Morgan fingerprint density at radius 2 is 2.14 bits per heavy atom. The number of carboxylic acid groups (broad SMARTS) is 1. The van der Waals surface area contributed by atoms with E-state index in [1.807, 2.05) is 38.1 Å². The van der Waals surface area contributed by atoms with Gasteiger partial charge in [0.1, 0.15) is 11.8 Å². The maximum absolute atomic E-state index is 11.7. The van der Waals surface area contributed by atoms with Crippen LogP contribution < -0.4 is 10.1 Å². The van der Waals surface area contributed by atoms with Crippen LogP contribution in [0.1, 0.15) is 38.2 Å². The van der Waals surface area contributed by atoms with Crippen molar-refractivity contribution in [2.45, 2.75) is 45.6 Å². The Morgan fingerprint density at radius 3 is 2.76 bits per heavy atom. The number of carboxylic acids is 1. The van der Waals surface area contributed by atoms with Crippen LogP contribution >= 0.6 is 0 Å². The zero-order chi connectivity index (χ0) is 15.7. The van der Waals surface area contributed by atoms with E-state index < -0.39 is 12.0 Å². The lowest BCUT2D eigenvalue weighted by Crippen LogP contribution is -2.41. The maximum Gasteiger partial charge on any atom is 0.326 e. The first-order chi connectivity index (χ1) is 10.0. The van der Waals surface area contributed by atoms with E-state index in [1.165, 1.54) is 0 Å². The molecule has 0 aliphatic heterocycles. The molecule has 1 aromatic carbocycles. The maximum atomic E-state index is 11.7. The Bertz CT molecular complexity index is 473. The number of carbonyl (C=O) groups excluding carboxylic acids is 1. The predicted octanol–water partition coefficient (Wildman–Crippen LogP) is 2.52. The Morgan fingerprint density at radius 1 is 1.38 bits per heavy atom. The van der Waals surface area contributed by atoms with Gasteiger partial charge in [0.05, 0.1) is 13.0 Å². The van der Waals surface area contributed by atoms with Gasteiger partial charge in [-0.3, -0.25) is 4.79 Å². The second-order valence-corrected chi connectivity index (χ2v) is 5.02. The molecule has 0 spiro atoms. The second kappa shape index (κ2) is 9.00. The van der Waals surface area contributed by atoms with Crippen molar-refractivity contribution in [3.05, 3.63) is 29.8 Å². The molecule has 0 bridgehead atoms. The summed E-state index contributed by atoms with van der Waals surface area (Å²) in [5.41, 5.74) is 1.09. The number of amides is 1. The Labute approximate surface area is 125 Å². The minimum atomic E-state index is -0.989. The van der Waals surface area contributed by atoms with E-state index in [9.17, 15) is 9.59 Å². The minimum absolute atomic E-state index is 0.143. The highest BCUT2D eigenvalue weighted by atomic mass is 16.5. The minimum Gasteiger partial charge on any atom is -0.493 e. The highest BCUT2D eigenvalue weighted by Crippen LogP contribution is 2.12. The molecule has 2 N–H and O–H groups in total. The third kappa shape index (κ3) is 6.79. The molecule has 0 saturated carbocycles. The topological polar surface area (TPSA) is 75.6 Å². The molecule has 1 atom stereocenters. The number of rotatable bonds is 9. The normalized spacial score (nSPS) is 11.7. The van der Waals surface area contributed by atoms with Crippen LogP contribution in [0.3, 0.4) is 0 Å². The summed E-state index contributed by atoms with van der Waals surface area (Å²) in [6.45, 7) is 4.18. The first-order valence-corrected chi connectivity index (χ1v) is 7.24. The number of ether oxygens (including phenoxy) is 1. The average Bonchev–Trinajstić information content (AvgIpc) is 2.43. The number of unbranched alkanes of at least 4 members (excludes halogenated alkanes) is 1. The van der Waals surface area contributed by atoms with Gasteiger partial charge in [-0.25, -0.2) is 4.79 Å². The number of hydrogen-bond donors (Lipinski definition) is 2. The van der Waals surface area contributed by atoms with Gasteiger partial charge in [0.15, 0.2) is 0 Å². The van der Waals surface area contributed by atoms with Crippen molar-refractivity contribution in [1.82, 2.24) is 5.32 Å². The van der Waals surface area contributed by atoms with E-state index in [0.29, 0.717) is 12.2 Å². The van der Waals surface area contributed by atoms with Crippen molar-refractivity contribution in [2.75, 3.05) is 6.61 Å². The van der Waals surface area contributed by atoms with Crippen LogP contribution in [0.5, 0.6) is 5.75 Å². The summed E-state index contributed by atoms with van der Waals surface area (Å²) in [4.78, 5) is 22.8. The fourth-order valence-corrected chi connectivity index (χ4v) is 1.90. The molecule has 116 valence electrons. The van der Waals surface area contributed by atoms with E-state index in [4.69, 9.17) is 9.84 Å². The molecular formula is C16H23NO4. The third-order valence-corrected chi connectivity index (χ3v) is 3.07. The number of aryl methyl sites for hydroxylation is 1. The Hall–Kier alpha value is -2.04. The van der Waals surface area contributed by atoms with Gasteiger partial charge in [-0.15, -0.1) is 0 Å².